The van der Waals surface area contributed by atoms with Crippen LogP contribution in [-0.4, -0.2) is 34.4 Å². The van der Waals surface area contributed by atoms with Crippen LogP contribution in [0, 0.1) is 0 Å². The van der Waals surface area contributed by atoms with Crippen LogP contribution in [0.2, 0.25) is 0 Å². The summed E-state index contributed by atoms with van der Waals surface area (Å²) >= 11 is 1.02. The van der Waals surface area contributed by atoms with E-state index in [1.54, 1.807) is 27.0 Å². The van der Waals surface area contributed by atoms with Crippen molar-refractivity contribution in [2.75, 3.05) is 6.26 Å². The Morgan fingerprint density at radius 2 is 1.93 bits per heavy atom. The molecule has 0 aromatic rings. The van der Waals surface area contributed by atoms with Gasteiger partial charge in [-0.15, -0.1) is 11.8 Å². The normalized spacial score (nSPS) is 13.1. The Bertz CT molecular complexity index is 224. The number of alkyl carbamates (subject to hydrolysis) is 1. The summed E-state index contributed by atoms with van der Waals surface area (Å²) in [4.78, 5) is 21.7. The van der Waals surface area contributed by atoms with Crippen LogP contribution in [0.25, 0.3) is 0 Å². The molecular formula is C8H15NO4S. The first-order chi connectivity index (χ1) is 6.26. The monoisotopic (exact) mass is 221 g/mol. The third kappa shape index (κ3) is 5.69. The maximum Gasteiger partial charge on any atom is 0.409 e. The van der Waals surface area contributed by atoms with Crippen LogP contribution < -0.4 is 5.32 Å². The lowest BCUT2D eigenvalue weighted by molar-refractivity contribution is -0.137. The second-order valence-corrected chi connectivity index (χ2v) is 4.54. The van der Waals surface area contributed by atoms with Gasteiger partial charge in [-0.2, -0.15) is 0 Å². The largest absolute Gasteiger partial charge is 0.479 e. The van der Waals surface area contributed by atoms with Gasteiger partial charge in [-0.05, 0) is 27.0 Å². The number of aliphatic carboxylic acids is 1. The van der Waals surface area contributed by atoms with Crippen LogP contribution in [0.1, 0.15) is 20.8 Å². The minimum atomic E-state index is -1.09. The molecule has 6 heteroatoms. The van der Waals surface area contributed by atoms with Crippen LogP contribution in [-0.2, 0) is 9.53 Å². The van der Waals surface area contributed by atoms with Crippen molar-refractivity contribution < 1.29 is 19.4 Å². The second-order valence-electron chi connectivity index (χ2n) is 3.60. The number of carboxylic acids is 1. The molecule has 2 N–H and O–H groups in total. The molecule has 1 atom stereocenters. The van der Waals surface area contributed by atoms with E-state index in [2.05, 4.69) is 5.32 Å². The van der Waals surface area contributed by atoms with Crippen molar-refractivity contribution in [2.24, 2.45) is 0 Å². The van der Waals surface area contributed by atoms with Crippen LogP contribution in [0.4, 0.5) is 4.79 Å². The van der Waals surface area contributed by atoms with Gasteiger partial charge in [-0.3, -0.25) is 5.32 Å². The molecule has 0 aromatic carbocycles. The van der Waals surface area contributed by atoms with E-state index in [1.807, 2.05) is 0 Å². The summed E-state index contributed by atoms with van der Waals surface area (Å²) in [7, 11) is 0. The van der Waals surface area contributed by atoms with Gasteiger partial charge < -0.3 is 9.84 Å². The Hall–Kier alpha value is -0.910. The average molecular weight is 221 g/mol. The number of ether oxygens (including phenoxy) is 1. The summed E-state index contributed by atoms with van der Waals surface area (Å²) in [5.74, 6) is -1.09. The highest BCUT2D eigenvalue weighted by Crippen LogP contribution is 2.09. The molecule has 0 bridgehead atoms. The molecule has 1 amide bonds. The van der Waals surface area contributed by atoms with Crippen LogP contribution in [0.15, 0.2) is 0 Å². The fourth-order valence-electron chi connectivity index (χ4n) is 0.636. The maximum absolute atomic E-state index is 11.1. The molecule has 1 unspecified atom stereocenters. The van der Waals surface area contributed by atoms with Crippen molar-refractivity contribution in [2.45, 2.75) is 31.7 Å². The van der Waals surface area contributed by atoms with Crippen LogP contribution in [0.5, 0.6) is 0 Å². The van der Waals surface area contributed by atoms with Gasteiger partial charge in [0.25, 0.3) is 0 Å². The van der Waals surface area contributed by atoms with Crippen molar-refractivity contribution in [1.29, 1.82) is 0 Å². The minimum Gasteiger partial charge on any atom is -0.479 e. The van der Waals surface area contributed by atoms with E-state index in [9.17, 15) is 9.59 Å². The van der Waals surface area contributed by atoms with Gasteiger partial charge in [0, 0.05) is 0 Å². The summed E-state index contributed by atoms with van der Waals surface area (Å²) in [5.41, 5.74) is -0.619. The SMILES string of the molecule is CSC(NC(=O)OC(C)(C)C)C(=O)O. The van der Waals surface area contributed by atoms with E-state index in [4.69, 9.17) is 9.84 Å². The zero-order valence-corrected chi connectivity index (χ0v) is 9.47. The molecule has 0 rings (SSSR count). The Labute approximate surface area is 87.2 Å². The molecule has 0 aromatic heterocycles. The van der Waals surface area contributed by atoms with Crippen LogP contribution >= 0.6 is 11.8 Å². The summed E-state index contributed by atoms with van der Waals surface area (Å²) in [6.07, 6.45) is 0.870. The Balaban J connectivity index is 4.11. The Kier molecular flexibility index (Phi) is 4.76. The number of carbonyl (C=O) groups is 2. The molecule has 0 radical (unpaired) electrons. The standard InChI is InChI=1S/C8H15NO4S/c1-8(2,3)13-7(12)9-5(14-4)6(10)11/h5H,1-4H3,(H,9,12)(H,10,11). The first kappa shape index (κ1) is 13.1. The molecule has 0 spiro atoms. The molecule has 0 heterocycles. The number of carbonyl (C=O) groups excluding carboxylic acids is 1. The van der Waals surface area contributed by atoms with E-state index < -0.39 is 23.0 Å². The average Bonchev–Trinajstić information content (AvgIpc) is 1.96. The summed E-state index contributed by atoms with van der Waals surface area (Å²) in [5, 5.41) is 9.89. The van der Waals surface area contributed by atoms with Crippen molar-refractivity contribution in [3.63, 3.8) is 0 Å². The lowest BCUT2D eigenvalue weighted by Gasteiger charge is -2.21. The minimum absolute atomic E-state index is 0.619. The highest BCUT2D eigenvalue weighted by atomic mass is 32.2. The Morgan fingerprint density at radius 1 is 1.43 bits per heavy atom. The number of carboxylic acid groups (broad SMARTS) is 1. The molecule has 82 valence electrons. The van der Waals surface area contributed by atoms with E-state index in [1.165, 1.54) is 0 Å². The number of thioether (sulfide) groups is 1. The van der Waals surface area contributed by atoms with Crippen molar-refractivity contribution in [3.05, 3.63) is 0 Å². The van der Waals surface area contributed by atoms with Gasteiger partial charge in [0.2, 0.25) is 0 Å². The van der Waals surface area contributed by atoms with E-state index in [-0.39, 0.29) is 0 Å². The fourth-order valence-corrected chi connectivity index (χ4v) is 1.05. The van der Waals surface area contributed by atoms with Crippen molar-refractivity contribution in [1.82, 2.24) is 5.32 Å². The van der Waals surface area contributed by atoms with Gasteiger partial charge in [-0.1, -0.05) is 0 Å². The van der Waals surface area contributed by atoms with Gasteiger partial charge >= 0.3 is 12.1 Å². The number of hydrogen-bond acceptors (Lipinski definition) is 4. The number of amides is 1. The predicted molar refractivity (Wildman–Crippen MR) is 54.3 cm³/mol. The molecular weight excluding hydrogens is 206 g/mol. The lowest BCUT2D eigenvalue weighted by atomic mass is 10.2. The maximum atomic E-state index is 11.1. The highest BCUT2D eigenvalue weighted by Gasteiger charge is 2.22. The molecule has 0 aliphatic carbocycles. The summed E-state index contributed by atoms with van der Waals surface area (Å²) in [6.45, 7) is 5.13. The van der Waals surface area contributed by atoms with Crippen molar-refractivity contribution >= 4 is 23.8 Å². The molecule has 0 aliphatic rings. The fraction of sp³-hybridized carbons (Fsp3) is 0.750. The molecule has 0 saturated carbocycles. The molecule has 14 heavy (non-hydrogen) atoms. The van der Waals surface area contributed by atoms with Gasteiger partial charge in [0.05, 0.1) is 0 Å². The lowest BCUT2D eigenvalue weighted by Crippen LogP contribution is -2.41. The topological polar surface area (TPSA) is 75.6 Å². The zero-order chi connectivity index (χ0) is 11.4. The quantitative estimate of drug-likeness (QED) is 0.702. The summed E-state index contributed by atoms with van der Waals surface area (Å²) < 4.78 is 4.89. The molecule has 0 aliphatic heterocycles. The van der Waals surface area contributed by atoms with Gasteiger partial charge in [0.1, 0.15) is 5.60 Å². The van der Waals surface area contributed by atoms with Crippen LogP contribution in [0.3, 0.4) is 0 Å². The smallest absolute Gasteiger partial charge is 0.409 e. The van der Waals surface area contributed by atoms with Gasteiger partial charge in [-0.25, -0.2) is 9.59 Å². The summed E-state index contributed by atoms with van der Waals surface area (Å²) in [6, 6.07) is 0. The predicted octanol–water partition coefficient (Wildman–Crippen LogP) is 1.28. The van der Waals surface area contributed by atoms with E-state index >= 15 is 0 Å². The molecule has 0 saturated heterocycles. The molecule has 0 fully saturated rings. The van der Waals surface area contributed by atoms with E-state index in [0.29, 0.717) is 0 Å². The number of nitrogens with one attached hydrogen (secondary N) is 1. The third-order valence-electron chi connectivity index (χ3n) is 1.11. The second kappa shape index (κ2) is 5.09. The highest BCUT2D eigenvalue weighted by molar-refractivity contribution is 7.99. The number of rotatable bonds is 3. The van der Waals surface area contributed by atoms with E-state index in [0.717, 1.165) is 11.8 Å². The third-order valence-corrected chi connectivity index (χ3v) is 1.90. The molecule has 5 nitrogen and oxygen atoms in total. The first-order valence-electron chi connectivity index (χ1n) is 4.01. The first-order valence-corrected chi connectivity index (χ1v) is 5.30. The Morgan fingerprint density at radius 3 is 2.21 bits per heavy atom. The zero-order valence-electron chi connectivity index (χ0n) is 8.66. The van der Waals surface area contributed by atoms with Crippen molar-refractivity contribution in [3.8, 4) is 0 Å². The number of hydrogen-bond donors (Lipinski definition) is 2. The van der Waals surface area contributed by atoms with Gasteiger partial charge in [0.15, 0.2) is 5.37 Å².